The van der Waals surface area contributed by atoms with Crippen molar-refractivity contribution in [2.45, 2.75) is 6.92 Å². The van der Waals surface area contributed by atoms with Crippen molar-refractivity contribution < 1.29 is 29.3 Å². The van der Waals surface area contributed by atoms with Gasteiger partial charge >= 0.3 is 5.97 Å². The topological polar surface area (TPSA) is 116 Å². The van der Waals surface area contributed by atoms with Crippen LogP contribution in [-0.2, 0) is 14.3 Å². The van der Waals surface area contributed by atoms with Gasteiger partial charge in [-0.05, 0) is 55.0 Å². The minimum atomic E-state index is -0.609. The SMILES string of the molecule is CCOC(=O)c1ccc(N2NC(=O)C(=Cc3ccc(O)c(O)c3)C2=O)cc1. The zero-order chi connectivity index (χ0) is 19.6. The quantitative estimate of drug-likeness (QED) is 0.328. The fraction of sp³-hybridized carbons (Fsp3) is 0.105. The number of nitrogens with zero attached hydrogens (tertiary/aromatic N) is 1. The van der Waals surface area contributed by atoms with E-state index in [1.807, 2.05) is 0 Å². The van der Waals surface area contributed by atoms with Crippen molar-refractivity contribution in [3.8, 4) is 11.5 Å². The molecule has 0 spiro atoms. The van der Waals surface area contributed by atoms with Crippen LogP contribution in [0.2, 0.25) is 0 Å². The molecule has 3 rings (SSSR count). The van der Waals surface area contributed by atoms with Gasteiger partial charge < -0.3 is 14.9 Å². The maximum Gasteiger partial charge on any atom is 0.338 e. The maximum atomic E-state index is 12.6. The molecule has 2 aromatic rings. The fourth-order valence-corrected chi connectivity index (χ4v) is 2.50. The molecule has 3 N–H and O–H groups in total. The third-order valence-corrected chi connectivity index (χ3v) is 3.84. The molecular weight excluding hydrogens is 352 g/mol. The average molecular weight is 368 g/mol. The summed E-state index contributed by atoms with van der Waals surface area (Å²) in [5.74, 6) is -2.34. The number of aromatic hydroxyl groups is 2. The van der Waals surface area contributed by atoms with Crippen LogP contribution >= 0.6 is 0 Å². The van der Waals surface area contributed by atoms with E-state index in [-0.39, 0.29) is 23.7 Å². The molecule has 0 atom stereocenters. The van der Waals surface area contributed by atoms with Crippen LogP contribution in [0.1, 0.15) is 22.8 Å². The minimum Gasteiger partial charge on any atom is -0.504 e. The van der Waals surface area contributed by atoms with E-state index in [1.165, 1.54) is 48.5 Å². The van der Waals surface area contributed by atoms with E-state index in [2.05, 4.69) is 5.43 Å². The summed E-state index contributed by atoms with van der Waals surface area (Å²) in [7, 11) is 0. The molecule has 0 saturated carbocycles. The molecule has 8 heteroatoms. The number of hydrogen-bond acceptors (Lipinski definition) is 6. The van der Waals surface area contributed by atoms with Crippen LogP contribution < -0.4 is 10.4 Å². The Morgan fingerprint density at radius 3 is 2.44 bits per heavy atom. The van der Waals surface area contributed by atoms with E-state index in [4.69, 9.17) is 4.74 Å². The molecule has 1 aliphatic heterocycles. The predicted octanol–water partition coefficient (Wildman–Crippen LogP) is 1.74. The Balaban J connectivity index is 1.84. The molecule has 0 aromatic heterocycles. The van der Waals surface area contributed by atoms with E-state index in [9.17, 15) is 24.6 Å². The van der Waals surface area contributed by atoms with Crippen LogP contribution in [0.25, 0.3) is 6.08 Å². The van der Waals surface area contributed by atoms with Gasteiger partial charge in [-0.15, -0.1) is 0 Å². The first-order valence-electron chi connectivity index (χ1n) is 8.07. The van der Waals surface area contributed by atoms with Gasteiger partial charge in [0.2, 0.25) is 0 Å². The Kier molecular flexibility index (Phi) is 4.80. The van der Waals surface area contributed by atoms with E-state index in [1.54, 1.807) is 6.92 Å². The lowest BCUT2D eigenvalue weighted by Crippen LogP contribution is -2.35. The second-order valence-electron chi connectivity index (χ2n) is 5.65. The van der Waals surface area contributed by atoms with Crippen LogP contribution in [-0.4, -0.2) is 34.6 Å². The second kappa shape index (κ2) is 7.20. The van der Waals surface area contributed by atoms with Crippen molar-refractivity contribution in [1.82, 2.24) is 5.43 Å². The molecule has 0 radical (unpaired) electrons. The van der Waals surface area contributed by atoms with Gasteiger partial charge in [-0.1, -0.05) is 6.07 Å². The van der Waals surface area contributed by atoms with Gasteiger partial charge in [0.15, 0.2) is 11.5 Å². The summed E-state index contributed by atoms with van der Waals surface area (Å²) >= 11 is 0. The molecule has 1 fully saturated rings. The Bertz CT molecular complexity index is 949. The number of nitrogens with one attached hydrogen (secondary N) is 1. The number of ether oxygens (including phenoxy) is 1. The number of hydrazine groups is 1. The number of carbonyl (C=O) groups excluding carboxylic acids is 3. The number of phenolic OH excluding ortho intramolecular Hbond substituents is 2. The molecule has 1 saturated heterocycles. The number of rotatable bonds is 4. The number of phenols is 2. The molecular formula is C19H16N2O6. The molecule has 27 heavy (non-hydrogen) atoms. The van der Waals surface area contributed by atoms with Crippen molar-refractivity contribution in [2.75, 3.05) is 11.6 Å². The van der Waals surface area contributed by atoms with Crippen molar-refractivity contribution in [2.24, 2.45) is 0 Å². The molecule has 1 aliphatic rings. The Morgan fingerprint density at radius 1 is 1.11 bits per heavy atom. The summed E-state index contributed by atoms with van der Waals surface area (Å²) in [6.45, 7) is 1.95. The predicted molar refractivity (Wildman–Crippen MR) is 95.8 cm³/mol. The number of carbonyl (C=O) groups is 3. The largest absolute Gasteiger partial charge is 0.504 e. The molecule has 138 valence electrons. The highest BCUT2D eigenvalue weighted by atomic mass is 16.5. The normalized spacial score (nSPS) is 15.1. The van der Waals surface area contributed by atoms with Crippen LogP contribution in [0.5, 0.6) is 11.5 Å². The van der Waals surface area contributed by atoms with Crippen LogP contribution in [0, 0.1) is 0 Å². The minimum absolute atomic E-state index is 0.130. The van der Waals surface area contributed by atoms with Crippen LogP contribution in [0.15, 0.2) is 48.0 Å². The van der Waals surface area contributed by atoms with Gasteiger partial charge in [0.1, 0.15) is 5.57 Å². The second-order valence-corrected chi connectivity index (χ2v) is 5.65. The van der Waals surface area contributed by atoms with Crippen molar-refractivity contribution in [3.05, 3.63) is 59.2 Å². The monoisotopic (exact) mass is 368 g/mol. The molecule has 8 nitrogen and oxygen atoms in total. The number of benzene rings is 2. The fourth-order valence-electron chi connectivity index (χ4n) is 2.50. The van der Waals surface area contributed by atoms with E-state index < -0.39 is 17.8 Å². The van der Waals surface area contributed by atoms with Gasteiger partial charge in [0.05, 0.1) is 17.9 Å². The molecule has 0 unspecified atom stereocenters. The first-order chi connectivity index (χ1) is 12.9. The average Bonchev–Trinajstić information content (AvgIpc) is 2.93. The zero-order valence-corrected chi connectivity index (χ0v) is 14.3. The third kappa shape index (κ3) is 3.59. The number of esters is 1. The van der Waals surface area contributed by atoms with Crippen molar-refractivity contribution in [3.63, 3.8) is 0 Å². The summed E-state index contributed by atoms with van der Waals surface area (Å²) in [6, 6.07) is 9.96. The highest BCUT2D eigenvalue weighted by Gasteiger charge is 2.34. The number of anilines is 1. The summed E-state index contributed by atoms with van der Waals surface area (Å²) in [6.07, 6.45) is 1.31. The summed E-state index contributed by atoms with van der Waals surface area (Å²) in [5, 5.41) is 19.9. The highest BCUT2D eigenvalue weighted by molar-refractivity contribution is 6.31. The van der Waals surface area contributed by atoms with Gasteiger partial charge in [-0.3, -0.25) is 15.0 Å². The Labute approximate surface area is 154 Å². The molecule has 2 aromatic carbocycles. The Morgan fingerprint density at radius 2 is 1.81 bits per heavy atom. The molecule has 2 amide bonds. The van der Waals surface area contributed by atoms with Crippen molar-refractivity contribution in [1.29, 1.82) is 0 Å². The Hall–Kier alpha value is -3.81. The molecule has 0 bridgehead atoms. The van der Waals surface area contributed by atoms with Gasteiger partial charge in [-0.2, -0.15) is 0 Å². The molecule has 1 heterocycles. The van der Waals surface area contributed by atoms with Gasteiger partial charge in [0.25, 0.3) is 11.8 Å². The zero-order valence-electron chi connectivity index (χ0n) is 14.3. The lowest BCUT2D eigenvalue weighted by molar-refractivity contribution is -0.117. The lowest BCUT2D eigenvalue weighted by atomic mass is 10.1. The standard InChI is InChI=1S/C19H16N2O6/c1-2-27-19(26)12-4-6-13(7-5-12)21-18(25)14(17(24)20-21)9-11-3-8-15(22)16(23)10-11/h3-10,22-23H,2H2,1H3,(H,20,24). The van der Waals surface area contributed by atoms with Gasteiger partial charge in [0, 0.05) is 0 Å². The summed E-state index contributed by atoms with van der Waals surface area (Å²) in [5.41, 5.74) is 3.39. The van der Waals surface area contributed by atoms with E-state index >= 15 is 0 Å². The van der Waals surface area contributed by atoms with E-state index in [0.29, 0.717) is 16.8 Å². The number of hydrogen-bond donors (Lipinski definition) is 3. The lowest BCUT2D eigenvalue weighted by Gasteiger charge is -2.14. The van der Waals surface area contributed by atoms with Crippen molar-refractivity contribution >= 4 is 29.5 Å². The molecule has 0 aliphatic carbocycles. The smallest absolute Gasteiger partial charge is 0.338 e. The van der Waals surface area contributed by atoms with Gasteiger partial charge in [-0.25, -0.2) is 9.80 Å². The summed E-state index contributed by atoms with van der Waals surface area (Å²) in [4.78, 5) is 36.4. The first-order valence-corrected chi connectivity index (χ1v) is 8.07. The van der Waals surface area contributed by atoms with Crippen LogP contribution in [0.4, 0.5) is 5.69 Å². The highest BCUT2D eigenvalue weighted by Crippen LogP contribution is 2.27. The maximum absolute atomic E-state index is 12.6. The summed E-state index contributed by atoms with van der Waals surface area (Å²) < 4.78 is 4.90. The van der Waals surface area contributed by atoms with E-state index in [0.717, 1.165) is 5.01 Å². The first kappa shape index (κ1) is 18.0. The number of amides is 2. The van der Waals surface area contributed by atoms with Crippen LogP contribution in [0.3, 0.4) is 0 Å². The third-order valence-electron chi connectivity index (χ3n) is 3.84.